The van der Waals surface area contributed by atoms with E-state index in [-0.39, 0.29) is 12.3 Å². The van der Waals surface area contributed by atoms with Crippen LogP contribution in [0.2, 0.25) is 0 Å². The first-order valence-electron chi connectivity index (χ1n) is 9.41. The Hall–Kier alpha value is -3.22. The van der Waals surface area contributed by atoms with Crippen LogP contribution in [0, 0.1) is 5.82 Å². The quantitative estimate of drug-likeness (QED) is 0.681. The summed E-state index contributed by atoms with van der Waals surface area (Å²) in [5.74, 6) is -0.690. The summed E-state index contributed by atoms with van der Waals surface area (Å²) in [6.45, 7) is 5.38. The Balaban J connectivity index is 2.00. The number of aromatic nitrogens is 1. The van der Waals surface area contributed by atoms with Gasteiger partial charge in [0.1, 0.15) is 11.4 Å². The van der Waals surface area contributed by atoms with Crippen LogP contribution in [-0.4, -0.2) is 22.6 Å². The number of rotatable bonds is 1. The van der Waals surface area contributed by atoms with Crippen molar-refractivity contribution < 1.29 is 18.7 Å². The van der Waals surface area contributed by atoms with Crippen molar-refractivity contribution in [1.82, 2.24) is 10.3 Å². The Morgan fingerprint density at radius 1 is 1.24 bits per heavy atom. The van der Waals surface area contributed by atoms with Crippen LogP contribution in [0.1, 0.15) is 45.3 Å². The van der Waals surface area contributed by atoms with E-state index in [1.165, 1.54) is 12.1 Å². The monoisotopic (exact) mass is 397 g/mol. The van der Waals surface area contributed by atoms with Gasteiger partial charge in [-0.2, -0.15) is 0 Å². The highest BCUT2D eigenvalue weighted by molar-refractivity contribution is 5.96. The van der Waals surface area contributed by atoms with Gasteiger partial charge in [-0.05, 0) is 63.1 Å². The van der Waals surface area contributed by atoms with Crippen molar-refractivity contribution in [2.45, 2.75) is 45.3 Å². The van der Waals surface area contributed by atoms with Crippen LogP contribution in [0.3, 0.4) is 0 Å². The molecule has 0 saturated heterocycles. The van der Waals surface area contributed by atoms with Crippen molar-refractivity contribution in [3.05, 3.63) is 60.2 Å². The van der Waals surface area contributed by atoms with Gasteiger partial charge in [0.05, 0.1) is 17.4 Å². The van der Waals surface area contributed by atoms with E-state index in [4.69, 9.17) is 4.74 Å². The van der Waals surface area contributed by atoms with Gasteiger partial charge < -0.3 is 15.4 Å². The van der Waals surface area contributed by atoms with Crippen molar-refractivity contribution in [2.24, 2.45) is 0 Å². The summed E-state index contributed by atoms with van der Waals surface area (Å²) in [4.78, 5) is 28.9. The maximum Gasteiger partial charge on any atom is 0.408 e. The topological polar surface area (TPSA) is 80.3 Å². The molecular weight excluding hydrogens is 373 g/mol. The van der Waals surface area contributed by atoms with Crippen molar-refractivity contribution in [2.75, 3.05) is 5.32 Å². The Morgan fingerprint density at radius 3 is 2.79 bits per heavy atom. The van der Waals surface area contributed by atoms with Crippen LogP contribution in [0.4, 0.5) is 14.9 Å². The number of halogens is 1. The van der Waals surface area contributed by atoms with Crippen LogP contribution >= 0.6 is 0 Å². The van der Waals surface area contributed by atoms with Gasteiger partial charge in [0.25, 0.3) is 0 Å². The molecule has 0 saturated carbocycles. The van der Waals surface area contributed by atoms with E-state index in [0.29, 0.717) is 23.4 Å². The van der Waals surface area contributed by atoms with Crippen molar-refractivity contribution in [3.8, 4) is 11.1 Å². The number of benzene rings is 1. The zero-order chi connectivity index (χ0) is 21.0. The number of ether oxygens (including phenoxy) is 1. The summed E-state index contributed by atoms with van der Waals surface area (Å²) in [7, 11) is 0. The molecule has 6 nitrogen and oxygen atoms in total. The lowest BCUT2D eigenvalue weighted by molar-refractivity contribution is -0.115. The molecule has 7 heteroatoms. The molecule has 1 atom stereocenters. The molecule has 29 heavy (non-hydrogen) atoms. The Bertz CT molecular complexity index is 951. The van der Waals surface area contributed by atoms with E-state index < -0.39 is 23.6 Å². The largest absolute Gasteiger partial charge is 0.444 e. The smallest absolute Gasteiger partial charge is 0.408 e. The standard InChI is InChI=1S/C22H24FN3O3/c1-22(2,3)29-21(28)26-17-6-4-5-7-20(27)25-18-13-15(23)8-9-16(18)14-10-11-24-19(17)12-14/h4-5,8-13,17H,6-7H2,1-3H3,(H,25,27)(H,26,28)/b5-4+/t17-/m0/s1. The average Bonchev–Trinajstić information content (AvgIpc) is 2.62. The highest BCUT2D eigenvalue weighted by Crippen LogP contribution is 2.31. The fourth-order valence-corrected chi connectivity index (χ4v) is 3.01. The number of pyridine rings is 1. The molecule has 1 aromatic carbocycles. The first-order valence-corrected chi connectivity index (χ1v) is 9.41. The highest BCUT2D eigenvalue weighted by atomic mass is 19.1. The third-order valence-corrected chi connectivity index (χ3v) is 4.24. The molecule has 2 bridgehead atoms. The lowest BCUT2D eigenvalue weighted by atomic mass is 10.00. The number of nitrogens with one attached hydrogen (secondary N) is 2. The van der Waals surface area contributed by atoms with Crippen LogP contribution in [0.5, 0.6) is 0 Å². The lowest BCUT2D eigenvalue weighted by Crippen LogP contribution is -2.35. The number of hydrogen-bond donors (Lipinski definition) is 2. The molecule has 2 N–H and O–H groups in total. The minimum Gasteiger partial charge on any atom is -0.444 e. The van der Waals surface area contributed by atoms with E-state index in [2.05, 4.69) is 15.6 Å². The second-order valence-corrected chi connectivity index (χ2v) is 7.82. The minimum atomic E-state index is -0.623. The summed E-state index contributed by atoms with van der Waals surface area (Å²) in [6.07, 6.45) is 5.18. The number of carbonyl (C=O) groups excluding carboxylic acids is 2. The molecule has 1 aliphatic rings. The number of anilines is 1. The Kier molecular flexibility index (Phi) is 5.96. The van der Waals surface area contributed by atoms with Gasteiger partial charge in [0.15, 0.2) is 0 Å². The number of fused-ring (bicyclic) bond motifs is 4. The summed E-state index contributed by atoms with van der Waals surface area (Å²) < 4.78 is 19.1. The molecule has 0 fully saturated rings. The first kappa shape index (κ1) is 20.5. The van der Waals surface area contributed by atoms with Gasteiger partial charge in [-0.3, -0.25) is 9.78 Å². The second-order valence-electron chi connectivity index (χ2n) is 7.82. The molecule has 0 aliphatic carbocycles. The van der Waals surface area contributed by atoms with E-state index in [1.807, 2.05) is 12.1 Å². The van der Waals surface area contributed by atoms with Crippen LogP contribution < -0.4 is 10.6 Å². The van der Waals surface area contributed by atoms with E-state index in [1.54, 1.807) is 45.2 Å². The minimum absolute atomic E-state index is 0.135. The third kappa shape index (κ3) is 5.63. The Morgan fingerprint density at radius 2 is 2.03 bits per heavy atom. The maximum absolute atomic E-state index is 13.8. The third-order valence-electron chi connectivity index (χ3n) is 4.24. The molecule has 2 amide bonds. The lowest BCUT2D eigenvalue weighted by Gasteiger charge is -2.23. The summed E-state index contributed by atoms with van der Waals surface area (Å²) >= 11 is 0. The molecule has 0 radical (unpaired) electrons. The Labute approximate surface area is 169 Å². The zero-order valence-corrected chi connectivity index (χ0v) is 16.7. The van der Waals surface area contributed by atoms with E-state index in [9.17, 15) is 14.0 Å². The molecule has 2 heterocycles. The number of amides is 2. The number of carbonyl (C=O) groups is 2. The summed E-state index contributed by atoms with van der Waals surface area (Å²) in [6, 6.07) is 7.40. The van der Waals surface area contributed by atoms with Gasteiger partial charge in [-0.25, -0.2) is 9.18 Å². The molecule has 152 valence electrons. The van der Waals surface area contributed by atoms with E-state index >= 15 is 0 Å². The average molecular weight is 397 g/mol. The molecule has 1 aliphatic heterocycles. The van der Waals surface area contributed by atoms with Gasteiger partial charge in [-0.15, -0.1) is 0 Å². The molecule has 0 unspecified atom stereocenters. The van der Waals surface area contributed by atoms with Gasteiger partial charge >= 0.3 is 6.09 Å². The molecule has 1 aromatic heterocycles. The summed E-state index contributed by atoms with van der Waals surface area (Å²) in [5.41, 5.74) is 1.83. The molecular formula is C22H24FN3O3. The first-order chi connectivity index (χ1) is 13.7. The van der Waals surface area contributed by atoms with Crippen LogP contribution in [-0.2, 0) is 9.53 Å². The van der Waals surface area contributed by atoms with Crippen LogP contribution in [0.25, 0.3) is 11.1 Å². The predicted octanol–water partition coefficient (Wildman–Crippen LogP) is 4.74. The zero-order valence-electron chi connectivity index (χ0n) is 16.7. The van der Waals surface area contributed by atoms with Gasteiger partial charge in [-0.1, -0.05) is 12.2 Å². The fraction of sp³-hybridized carbons (Fsp3) is 0.318. The molecule has 2 aromatic rings. The van der Waals surface area contributed by atoms with Gasteiger partial charge in [0, 0.05) is 18.2 Å². The molecule has 0 spiro atoms. The SMILES string of the molecule is CC(C)(C)OC(=O)N[C@H]1C/C=C/CC(=O)Nc2cc(F)ccc2-c2ccnc1c2. The second kappa shape index (κ2) is 8.43. The number of alkyl carbamates (subject to hydrolysis) is 1. The summed E-state index contributed by atoms with van der Waals surface area (Å²) in [5, 5.41) is 5.60. The van der Waals surface area contributed by atoms with Gasteiger partial charge in [0.2, 0.25) is 5.91 Å². The van der Waals surface area contributed by atoms with Crippen molar-refractivity contribution in [1.29, 1.82) is 0 Å². The van der Waals surface area contributed by atoms with Crippen LogP contribution in [0.15, 0.2) is 48.7 Å². The molecule has 3 rings (SSSR count). The number of hydrogen-bond acceptors (Lipinski definition) is 4. The normalized spacial score (nSPS) is 17.8. The predicted molar refractivity (Wildman–Crippen MR) is 109 cm³/mol. The maximum atomic E-state index is 13.8. The van der Waals surface area contributed by atoms with Crippen molar-refractivity contribution in [3.63, 3.8) is 0 Å². The number of nitrogens with zero attached hydrogens (tertiary/aromatic N) is 1. The highest BCUT2D eigenvalue weighted by Gasteiger charge is 2.22. The van der Waals surface area contributed by atoms with Crippen molar-refractivity contribution >= 4 is 17.7 Å². The fourth-order valence-electron chi connectivity index (χ4n) is 3.01. The van der Waals surface area contributed by atoms with E-state index in [0.717, 1.165) is 5.56 Å².